The average molecular weight is 279 g/mol. The third-order valence-corrected chi connectivity index (χ3v) is 2.78. The molecule has 2 N–H and O–H groups in total. The highest BCUT2D eigenvalue weighted by Crippen LogP contribution is 2.30. The lowest BCUT2D eigenvalue weighted by molar-refractivity contribution is 0.352. The first kappa shape index (κ1) is 16.1. The molecule has 0 saturated carbocycles. The largest absolute Gasteiger partial charge is 0.493 e. The van der Waals surface area contributed by atoms with Gasteiger partial charge in [0.15, 0.2) is 17.5 Å². The molecule has 0 spiro atoms. The minimum Gasteiger partial charge on any atom is -0.493 e. The van der Waals surface area contributed by atoms with E-state index in [2.05, 4.69) is 29.5 Å². The Hall–Kier alpha value is -1.91. The summed E-state index contributed by atoms with van der Waals surface area (Å²) >= 11 is 0. The van der Waals surface area contributed by atoms with E-state index in [1.807, 2.05) is 18.2 Å². The minimum atomic E-state index is 0.541. The summed E-state index contributed by atoms with van der Waals surface area (Å²) in [5, 5.41) is 6.49. The van der Waals surface area contributed by atoms with E-state index < -0.39 is 0 Å². The summed E-state index contributed by atoms with van der Waals surface area (Å²) in [4.78, 5) is 4.56. The van der Waals surface area contributed by atoms with Gasteiger partial charge in [0.25, 0.3) is 0 Å². The van der Waals surface area contributed by atoms with Crippen LogP contribution in [0.3, 0.4) is 0 Å². The Bertz CT molecular complexity index is 433. The van der Waals surface area contributed by atoms with E-state index >= 15 is 0 Å². The molecule has 0 fully saturated rings. The second-order valence-electron chi connectivity index (χ2n) is 4.27. The molecule has 0 atom stereocenters. The summed E-state index contributed by atoms with van der Waals surface area (Å²) in [6.45, 7) is 6.46. The molecule has 5 heteroatoms. The van der Waals surface area contributed by atoms with Crippen LogP contribution in [0.15, 0.2) is 23.2 Å². The van der Waals surface area contributed by atoms with Crippen molar-refractivity contribution >= 4 is 5.96 Å². The normalized spacial score (nSPS) is 11.1. The lowest BCUT2D eigenvalue weighted by atomic mass is 10.2. The number of hydrogen-bond donors (Lipinski definition) is 2. The Morgan fingerprint density at radius 1 is 1.15 bits per heavy atom. The summed E-state index contributed by atoms with van der Waals surface area (Å²) in [5.41, 5.74) is 1.00. The SMILES string of the molecule is CCCNC(=NCc1cccc(OC)c1OC)NCC. The fourth-order valence-corrected chi connectivity index (χ4v) is 1.83. The van der Waals surface area contributed by atoms with Crippen LogP contribution in [0.4, 0.5) is 0 Å². The Balaban J connectivity index is 2.84. The number of aliphatic imine (C=N–C) groups is 1. The molecule has 0 aliphatic rings. The Morgan fingerprint density at radius 3 is 2.55 bits per heavy atom. The monoisotopic (exact) mass is 279 g/mol. The van der Waals surface area contributed by atoms with Gasteiger partial charge in [0, 0.05) is 18.7 Å². The third kappa shape index (κ3) is 4.64. The standard InChI is InChI=1S/C15H25N3O2/c1-5-10-17-15(16-6-2)18-11-12-8-7-9-13(19-3)14(12)20-4/h7-9H,5-6,10-11H2,1-4H3,(H2,16,17,18). The summed E-state index contributed by atoms with van der Waals surface area (Å²) in [7, 11) is 3.28. The van der Waals surface area contributed by atoms with E-state index in [0.29, 0.717) is 6.54 Å². The molecule has 0 heterocycles. The number of nitrogens with zero attached hydrogens (tertiary/aromatic N) is 1. The minimum absolute atomic E-state index is 0.541. The average Bonchev–Trinajstić information content (AvgIpc) is 2.49. The molecule has 0 aromatic heterocycles. The van der Waals surface area contributed by atoms with E-state index in [4.69, 9.17) is 9.47 Å². The number of nitrogens with one attached hydrogen (secondary N) is 2. The van der Waals surface area contributed by atoms with Crippen LogP contribution in [-0.4, -0.2) is 33.3 Å². The maximum atomic E-state index is 5.41. The van der Waals surface area contributed by atoms with Gasteiger partial charge in [-0.05, 0) is 19.4 Å². The van der Waals surface area contributed by atoms with Gasteiger partial charge in [0.1, 0.15) is 0 Å². The number of guanidine groups is 1. The highest BCUT2D eigenvalue weighted by Gasteiger charge is 2.08. The van der Waals surface area contributed by atoms with Gasteiger partial charge >= 0.3 is 0 Å². The zero-order valence-electron chi connectivity index (χ0n) is 12.8. The Labute approximate surface area is 121 Å². The van der Waals surface area contributed by atoms with E-state index in [0.717, 1.165) is 42.5 Å². The van der Waals surface area contributed by atoms with Crippen LogP contribution >= 0.6 is 0 Å². The second-order valence-corrected chi connectivity index (χ2v) is 4.27. The van der Waals surface area contributed by atoms with Gasteiger partial charge in [-0.25, -0.2) is 4.99 Å². The molecule has 112 valence electrons. The first-order chi connectivity index (χ1) is 9.76. The molecular formula is C15H25N3O2. The number of ether oxygens (including phenoxy) is 2. The zero-order chi connectivity index (χ0) is 14.8. The van der Waals surface area contributed by atoms with Crippen molar-refractivity contribution in [1.29, 1.82) is 0 Å². The lowest BCUT2D eigenvalue weighted by Crippen LogP contribution is -2.37. The molecule has 0 radical (unpaired) electrons. The second kappa shape index (κ2) is 9.07. The van der Waals surface area contributed by atoms with Crippen molar-refractivity contribution in [3.63, 3.8) is 0 Å². The molecule has 0 amide bonds. The van der Waals surface area contributed by atoms with Crippen molar-refractivity contribution in [1.82, 2.24) is 10.6 Å². The van der Waals surface area contributed by atoms with Gasteiger partial charge in [-0.1, -0.05) is 19.1 Å². The lowest BCUT2D eigenvalue weighted by Gasteiger charge is -2.13. The predicted molar refractivity (Wildman–Crippen MR) is 82.7 cm³/mol. The van der Waals surface area contributed by atoms with Gasteiger partial charge in [-0.15, -0.1) is 0 Å². The van der Waals surface area contributed by atoms with E-state index in [9.17, 15) is 0 Å². The Kier molecular flexibility index (Phi) is 7.32. The van der Waals surface area contributed by atoms with Crippen LogP contribution in [0.1, 0.15) is 25.8 Å². The molecule has 0 aliphatic carbocycles. The molecule has 0 bridgehead atoms. The van der Waals surface area contributed by atoms with Gasteiger partial charge in [0.05, 0.1) is 20.8 Å². The van der Waals surface area contributed by atoms with E-state index in [1.54, 1.807) is 14.2 Å². The van der Waals surface area contributed by atoms with Crippen LogP contribution < -0.4 is 20.1 Å². The highest BCUT2D eigenvalue weighted by molar-refractivity contribution is 5.79. The first-order valence-corrected chi connectivity index (χ1v) is 6.98. The summed E-state index contributed by atoms with van der Waals surface area (Å²) in [6, 6.07) is 5.82. The number of rotatable bonds is 7. The van der Waals surface area contributed by atoms with Crippen molar-refractivity contribution in [2.24, 2.45) is 4.99 Å². The van der Waals surface area contributed by atoms with Crippen molar-refractivity contribution in [3.05, 3.63) is 23.8 Å². The van der Waals surface area contributed by atoms with Crippen molar-refractivity contribution in [2.45, 2.75) is 26.8 Å². The number of hydrogen-bond acceptors (Lipinski definition) is 3. The molecular weight excluding hydrogens is 254 g/mol. The fraction of sp³-hybridized carbons (Fsp3) is 0.533. The first-order valence-electron chi connectivity index (χ1n) is 6.98. The number of para-hydroxylation sites is 1. The third-order valence-electron chi connectivity index (χ3n) is 2.78. The van der Waals surface area contributed by atoms with Crippen molar-refractivity contribution < 1.29 is 9.47 Å². The molecule has 1 aromatic carbocycles. The number of benzene rings is 1. The molecule has 1 rings (SSSR count). The van der Waals surface area contributed by atoms with E-state index in [1.165, 1.54) is 0 Å². The van der Waals surface area contributed by atoms with Gasteiger partial charge in [-0.2, -0.15) is 0 Å². The molecule has 5 nitrogen and oxygen atoms in total. The molecule has 20 heavy (non-hydrogen) atoms. The van der Waals surface area contributed by atoms with Crippen LogP contribution in [0.25, 0.3) is 0 Å². The number of methoxy groups -OCH3 is 2. The molecule has 1 aromatic rings. The summed E-state index contributed by atoms with van der Waals surface area (Å²) in [5.74, 6) is 2.29. The van der Waals surface area contributed by atoms with E-state index in [-0.39, 0.29) is 0 Å². The maximum absolute atomic E-state index is 5.41. The van der Waals surface area contributed by atoms with Crippen LogP contribution in [0, 0.1) is 0 Å². The quantitative estimate of drug-likeness (QED) is 0.593. The summed E-state index contributed by atoms with van der Waals surface area (Å²) < 4.78 is 10.7. The van der Waals surface area contributed by atoms with Crippen molar-refractivity contribution in [2.75, 3.05) is 27.3 Å². The zero-order valence-corrected chi connectivity index (χ0v) is 12.8. The van der Waals surface area contributed by atoms with Gasteiger partial charge in [0.2, 0.25) is 0 Å². The Morgan fingerprint density at radius 2 is 1.95 bits per heavy atom. The fourth-order valence-electron chi connectivity index (χ4n) is 1.83. The predicted octanol–water partition coefficient (Wildman–Crippen LogP) is 2.17. The molecule has 0 unspecified atom stereocenters. The van der Waals surface area contributed by atoms with Crippen LogP contribution in [0.2, 0.25) is 0 Å². The van der Waals surface area contributed by atoms with Crippen LogP contribution in [0.5, 0.6) is 11.5 Å². The maximum Gasteiger partial charge on any atom is 0.191 e. The smallest absolute Gasteiger partial charge is 0.191 e. The van der Waals surface area contributed by atoms with Crippen molar-refractivity contribution in [3.8, 4) is 11.5 Å². The highest BCUT2D eigenvalue weighted by atomic mass is 16.5. The molecule has 0 saturated heterocycles. The molecule has 0 aliphatic heterocycles. The summed E-state index contributed by atoms with van der Waals surface area (Å²) in [6.07, 6.45) is 1.06. The van der Waals surface area contributed by atoms with Gasteiger partial charge < -0.3 is 20.1 Å². The topological polar surface area (TPSA) is 54.9 Å². The van der Waals surface area contributed by atoms with Crippen LogP contribution in [-0.2, 0) is 6.54 Å². The van der Waals surface area contributed by atoms with Gasteiger partial charge in [-0.3, -0.25) is 0 Å².